The van der Waals surface area contributed by atoms with Crippen molar-refractivity contribution in [2.75, 3.05) is 0 Å². The molecule has 1 atom stereocenters. The van der Waals surface area contributed by atoms with Crippen molar-refractivity contribution >= 4 is 11.6 Å². The van der Waals surface area contributed by atoms with Crippen molar-refractivity contribution in [1.29, 1.82) is 0 Å². The molecule has 0 radical (unpaired) electrons. The summed E-state index contributed by atoms with van der Waals surface area (Å²) in [5, 5.41) is 0. The van der Waals surface area contributed by atoms with E-state index < -0.39 is 5.92 Å². The zero-order valence-corrected chi connectivity index (χ0v) is 10.5. The predicted molar refractivity (Wildman–Crippen MR) is 60.5 cm³/mol. The Kier molecular flexibility index (Phi) is 2.90. The van der Waals surface area contributed by atoms with Crippen LogP contribution in [0.3, 0.4) is 0 Å². The maximum absolute atomic E-state index is 12.0. The second-order valence-electron chi connectivity index (χ2n) is 5.64. The molecule has 0 aromatic carbocycles. The van der Waals surface area contributed by atoms with Crippen molar-refractivity contribution in [3.05, 3.63) is 11.1 Å². The second-order valence-corrected chi connectivity index (χ2v) is 5.64. The van der Waals surface area contributed by atoms with Crippen molar-refractivity contribution in [2.24, 2.45) is 17.3 Å². The van der Waals surface area contributed by atoms with Crippen LogP contribution < -0.4 is 0 Å². The number of hydrogen-bond donors (Lipinski definition) is 0. The zero-order valence-electron chi connectivity index (χ0n) is 10.5. The van der Waals surface area contributed by atoms with Gasteiger partial charge in [-0.15, -0.1) is 0 Å². The summed E-state index contributed by atoms with van der Waals surface area (Å²) < 4.78 is 0. The summed E-state index contributed by atoms with van der Waals surface area (Å²) in [6.45, 7) is 11.6. The minimum atomic E-state index is -0.461. The molecule has 1 rings (SSSR count). The van der Waals surface area contributed by atoms with Crippen LogP contribution in [0.5, 0.6) is 0 Å². The summed E-state index contributed by atoms with van der Waals surface area (Å²) >= 11 is 0. The Labute approximate surface area is 91.7 Å². The molecule has 0 saturated heterocycles. The molecule has 84 valence electrons. The highest BCUT2D eigenvalue weighted by atomic mass is 16.2. The first-order valence-electron chi connectivity index (χ1n) is 5.51. The van der Waals surface area contributed by atoms with Gasteiger partial charge in [0.15, 0.2) is 11.6 Å². The van der Waals surface area contributed by atoms with Gasteiger partial charge in [-0.3, -0.25) is 9.59 Å². The molecule has 0 N–H and O–H groups in total. The van der Waals surface area contributed by atoms with Crippen molar-refractivity contribution in [3.8, 4) is 0 Å². The minimum Gasteiger partial charge on any atom is -0.294 e. The monoisotopic (exact) mass is 208 g/mol. The lowest BCUT2D eigenvalue weighted by Gasteiger charge is -2.22. The zero-order chi connectivity index (χ0) is 12.0. The normalized spacial score (nSPS) is 23.3. The number of hydrogen-bond acceptors (Lipinski definition) is 2. The van der Waals surface area contributed by atoms with Gasteiger partial charge in [0.2, 0.25) is 0 Å². The first kappa shape index (κ1) is 12.2. The standard InChI is InChI=1S/C13H20O2/c1-7(2)9-10(13(4,5)6)12(15)8(3)11(9)14/h7-8H,1-6H3. The SMILES string of the molecule is CC(C)C1=C(C(C)(C)C)C(=O)C(C)C1=O. The van der Waals surface area contributed by atoms with E-state index in [0.29, 0.717) is 0 Å². The largest absolute Gasteiger partial charge is 0.294 e. The van der Waals surface area contributed by atoms with E-state index in [9.17, 15) is 9.59 Å². The molecule has 0 aromatic rings. The van der Waals surface area contributed by atoms with E-state index in [4.69, 9.17) is 0 Å². The molecule has 2 nitrogen and oxygen atoms in total. The summed E-state index contributed by atoms with van der Waals surface area (Å²) in [7, 11) is 0. The molecule has 0 bridgehead atoms. The third-order valence-electron chi connectivity index (χ3n) is 2.90. The summed E-state index contributed by atoms with van der Waals surface area (Å²) in [6.07, 6.45) is 0. The number of ketones is 2. The van der Waals surface area contributed by atoms with Gasteiger partial charge in [-0.05, 0) is 18.3 Å². The topological polar surface area (TPSA) is 34.1 Å². The molecule has 1 unspecified atom stereocenters. The Morgan fingerprint density at radius 3 is 1.80 bits per heavy atom. The average molecular weight is 208 g/mol. The van der Waals surface area contributed by atoms with Gasteiger partial charge in [0.25, 0.3) is 0 Å². The fraction of sp³-hybridized carbons (Fsp3) is 0.692. The molecule has 1 aliphatic rings. The highest BCUT2D eigenvalue weighted by Crippen LogP contribution is 2.39. The summed E-state index contributed by atoms with van der Waals surface area (Å²) in [4.78, 5) is 23.9. The number of Topliss-reactive ketones (excluding diaryl/α,β-unsaturated/α-hetero) is 2. The number of carbonyl (C=O) groups is 2. The molecule has 15 heavy (non-hydrogen) atoms. The van der Waals surface area contributed by atoms with Crippen LogP contribution in [0, 0.1) is 17.3 Å². The van der Waals surface area contributed by atoms with Crippen molar-refractivity contribution in [3.63, 3.8) is 0 Å². The van der Waals surface area contributed by atoms with Gasteiger partial charge in [0.05, 0.1) is 5.92 Å². The van der Waals surface area contributed by atoms with E-state index in [0.717, 1.165) is 11.1 Å². The quantitative estimate of drug-likeness (QED) is 0.621. The van der Waals surface area contributed by atoms with E-state index in [1.165, 1.54) is 0 Å². The fourth-order valence-electron chi connectivity index (χ4n) is 2.17. The third-order valence-corrected chi connectivity index (χ3v) is 2.90. The molecule has 0 spiro atoms. The van der Waals surface area contributed by atoms with E-state index in [1.54, 1.807) is 6.92 Å². The van der Waals surface area contributed by atoms with Gasteiger partial charge >= 0.3 is 0 Å². The molecular formula is C13H20O2. The van der Waals surface area contributed by atoms with Gasteiger partial charge in [-0.2, -0.15) is 0 Å². The van der Waals surface area contributed by atoms with Crippen LogP contribution in [0.1, 0.15) is 41.5 Å². The van der Waals surface area contributed by atoms with Crippen LogP contribution in [-0.2, 0) is 9.59 Å². The van der Waals surface area contributed by atoms with Crippen LogP contribution in [0.4, 0.5) is 0 Å². The highest BCUT2D eigenvalue weighted by molar-refractivity contribution is 6.24. The van der Waals surface area contributed by atoms with Gasteiger partial charge in [0.1, 0.15) is 0 Å². The Morgan fingerprint density at radius 2 is 1.53 bits per heavy atom. The van der Waals surface area contributed by atoms with Crippen LogP contribution in [0.25, 0.3) is 0 Å². The number of allylic oxidation sites excluding steroid dienone is 2. The first-order valence-corrected chi connectivity index (χ1v) is 5.51. The Hall–Kier alpha value is -0.920. The maximum atomic E-state index is 12.0. The minimum absolute atomic E-state index is 0.0243. The first-order chi connectivity index (χ1) is 6.68. The second kappa shape index (κ2) is 3.58. The van der Waals surface area contributed by atoms with Crippen molar-refractivity contribution in [1.82, 2.24) is 0 Å². The lowest BCUT2D eigenvalue weighted by Crippen LogP contribution is -2.19. The van der Waals surface area contributed by atoms with Crippen molar-refractivity contribution in [2.45, 2.75) is 41.5 Å². The van der Waals surface area contributed by atoms with Crippen LogP contribution in [-0.4, -0.2) is 11.6 Å². The van der Waals surface area contributed by atoms with Gasteiger partial charge in [-0.25, -0.2) is 0 Å². The van der Waals surface area contributed by atoms with E-state index in [2.05, 4.69) is 0 Å². The van der Waals surface area contributed by atoms with Crippen LogP contribution in [0.15, 0.2) is 11.1 Å². The van der Waals surface area contributed by atoms with Gasteiger partial charge < -0.3 is 0 Å². The molecule has 2 heteroatoms. The van der Waals surface area contributed by atoms with Crippen LogP contribution >= 0.6 is 0 Å². The lowest BCUT2D eigenvalue weighted by atomic mass is 9.81. The van der Waals surface area contributed by atoms with E-state index >= 15 is 0 Å². The molecule has 0 fully saturated rings. The van der Waals surface area contributed by atoms with Gasteiger partial charge in [-0.1, -0.05) is 34.6 Å². The average Bonchev–Trinajstić information content (AvgIpc) is 2.28. The molecule has 0 heterocycles. The highest BCUT2D eigenvalue weighted by Gasteiger charge is 2.42. The molecule has 0 aliphatic heterocycles. The summed E-state index contributed by atoms with van der Waals surface area (Å²) in [5.41, 5.74) is 1.27. The lowest BCUT2D eigenvalue weighted by molar-refractivity contribution is -0.126. The Morgan fingerprint density at radius 1 is 1.07 bits per heavy atom. The van der Waals surface area contributed by atoms with Crippen LogP contribution in [0.2, 0.25) is 0 Å². The fourth-order valence-corrected chi connectivity index (χ4v) is 2.17. The Bertz CT molecular complexity index is 340. The van der Waals surface area contributed by atoms with E-state index in [1.807, 2.05) is 34.6 Å². The molecule has 0 amide bonds. The Balaban J connectivity index is 3.38. The van der Waals surface area contributed by atoms with Crippen molar-refractivity contribution < 1.29 is 9.59 Å². The number of rotatable bonds is 1. The number of carbonyl (C=O) groups excluding carboxylic acids is 2. The molecular weight excluding hydrogens is 188 g/mol. The molecule has 0 saturated carbocycles. The maximum Gasteiger partial charge on any atom is 0.170 e. The molecule has 1 aliphatic carbocycles. The summed E-state index contributed by atoms with van der Waals surface area (Å²) in [5.74, 6) is -0.270. The molecule has 0 aromatic heterocycles. The predicted octanol–water partition coefficient (Wildman–Crippen LogP) is 2.77. The van der Waals surface area contributed by atoms with Gasteiger partial charge in [0, 0.05) is 11.1 Å². The summed E-state index contributed by atoms with van der Waals surface area (Å²) in [6, 6.07) is 0. The smallest absolute Gasteiger partial charge is 0.170 e. The van der Waals surface area contributed by atoms with E-state index in [-0.39, 0.29) is 22.9 Å². The third kappa shape index (κ3) is 1.90.